The molecule has 0 aromatic rings. The van der Waals surface area contributed by atoms with Gasteiger partial charge < -0.3 is 15.6 Å². The van der Waals surface area contributed by atoms with E-state index in [2.05, 4.69) is 5.32 Å². The molecular weight excluding hydrogens is 328 g/mol. The molecule has 0 radical (unpaired) electrons. The first-order chi connectivity index (χ1) is 11.3. The molecule has 2 amide bonds. The summed E-state index contributed by atoms with van der Waals surface area (Å²) in [6, 6.07) is 0. The molecule has 136 valence electrons. The molecule has 1 saturated heterocycles. The third-order valence-corrected chi connectivity index (χ3v) is 6.95. The van der Waals surface area contributed by atoms with Gasteiger partial charge in [0, 0.05) is 42.9 Å². The molecule has 0 unspecified atom stereocenters. The van der Waals surface area contributed by atoms with E-state index in [-0.39, 0.29) is 18.2 Å². The number of carbonyl (C=O) groups excluding carboxylic acids is 2. The number of hydrogen-bond acceptors (Lipinski definition) is 5. The average molecular weight is 357 g/mol. The smallest absolute Gasteiger partial charge is 0.282 e. The Bertz CT molecular complexity index is 509. The highest BCUT2D eigenvalue weighted by Crippen LogP contribution is 2.39. The van der Waals surface area contributed by atoms with E-state index in [1.54, 1.807) is 13.8 Å². The monoisotopic (exact) mass is 357 g/mol. The number of nitrogens with two attached hydrogens (primary N) is 1. The maximum Gasteiger partial charge on any atom is 0.282 e. The Morgan fingerprint density at radius 3 is 2.50 bits per heavy atom. The summed E-state index contributed by atoms with van der Waals surface area (Å²) in [7, 11) is 0. The van der Waals surface area contributed by atoms with Gasteiger partial charge in [-0.2, -0.15) is 0 Å². The third kappa shape index (κ3) is 4.52. The Hall–Kier alpha value is -1.05. The van der Waals surface area contributed by atoms with E-state index in [1.807, 2.05) is 0 Å². The predicted octanol–water partition coefficient (Wildman–Crippen LogP) is 0.407. The third-order valence-electron chi connectivity index (χ3n) is 4.92. The number of hydrogen-bond donors (Lipinski definition) is 3. The van der Waals surface area contributed by atoms with Crippen molar-refractivity contribution in [2.75, 3.05) is 19.8 Å². The van der Waals surface area contributed by atoms with Gasteiger partial charge in [0.15, 0.2) is 0 Å². The molecule has 6 nitrogen and oxygen atoms in total. The second-order valence-corrected chi connectivity index (χ2v) is 9.16. The van der Waals surface area contributed by atoms with Gasteiger partial charge >= 0.3 is 0 Å². The van der Waals surface area contributed by atoms with E-state index < -0.39 is 16.1 Å². The lowest BCUT2D eigenvalue weighted by atomic mass is 9.83. The fourth-order valence-corrected chi connectivity index (χ4v) is 4.70. The average Bonchev–Trinajstić information content (AvgIpc) is 2.51. The molecule has 0 atom stereocenters. The van der Waals surface area contributed by atoms with Gasteiger partial charge in [0.1, 0.15) is 5.25 Å². The summed E-state index contributed by atoms with van der Waals surface area (Å²) in [5.41, 5.74) is 5.44. The highest BCUT2D eigenvalue weighted by atomic mass is 32.2. The molecule has 1 aliphatic heterocycles. The second-order valence-electron chi connectivity index (χ2n) is 7.32. The molecule has 2 fully saturated rings. The van der Waals surface area contributed by atoms with Crippen LogP contribution in [-0.4, -0.2) is 46.7 Å². The van der Waals surface area contributed by atoms with Crippen LogP contribution in [0.15, 0.2) is 11.8 Å². The van der Waals surface area contributed by atoms with Gasteiger partial charge in [-0.25, -0.2) is 0 Å². The lowest BCUT2D eigenvalue weighted by molar-refractivity contribution is -0.131. The van der Waals surface area contributed by atoms with Gasteiger partial charge in [0.25, 0.3) is 11.8 Å². The molecule has 0 aromatic heterocycles. The van der Waals surface area contributed by atoms with Crippen molar-refractivity contribution in [2.45, 2.75) is 55.9 Å². The van der Waals surface area contributed by atoms with Gasteiger partial charge in [0.2, 0.25) is 4.75 Å². The number of ether oxygens (including phenoxy) is 1. The standard InChI is InChI=1S/C17H28N2O4S/c1-16(2,11-20)13(18)10-14(21)19-15(22)17(6-3-7-17)24-12-4-8-23-9-5-12/h10,12,20H,3-9,11,18H2,1-2H3,(H,19,21,22)/p+1. The van der Waals surface area contributed by atoms with Gasteiger partial charge in [0.05, 0.1) is 19.8 Å². The molecule has 7 heteroatoms. The van der Waals surface area contributed by atoms with E-state index in [0.717, 1.165) is 57.1 Å². The van der Waals surface area contributed by atoms with Crippen molar-refractivity contribution in [3.05, 3.63) is 11.8 Å². The number of rotatable bonds is 6. The lowest BCUT2D eigenvalue weighted by Crippen LogP contribution is -2.56. The first-order valence-electron chi connectivity index (χ1n) is 8.53. The summed E-state index contributed by atoms with van der Waals surface area (Å²) in [4.78, 5) is 24.8. The topological polar surface area (TPSA) is 102 Å². The van der Waals surface area contributed by atoms with Crippen molar-refractivity contribution in [3.63, 3.8) is 0 Å². The number of imide groups is 1. The zero-order chi connectivity index (χ0) is 17.8. The van der Waals surface area contributed by atoms with Crippen molar-refractivity contribution in [2.24, 2.45) is 11.1 Å². The minimum absolute atomic E-state index is 0.164. The van der Waals surface area contributed by atoms with Crippen LogP contribution >= 0.6 is 0 Å². The van der Waals surface area contributed by atoms with Crippen LogP contribution in [0.4, 0.5) is 0 Å². The van der Waals surface area contributed by atoms with Gasteiger partial charge in [-0.05, 0) is 18.2 Å². The van der Waals surface area contributed by atoms with E-state index >= 15 is 0 Å². The number of nitrogens with one attached hydrogen (secondary N) is 1. The molecule has 2 rings (SSSR count). The second kappa shape index (κ2) is 7.89. The van der Waals surface area contributed by atoms with Crippen LogP contribution in [-0.2, 0) is 26.1 Å². The Balaban J connectivity index is 1.96. The Labute approximate surface area is 147 Å². The van der Waals surface area contributed by atoms with Crippen LogP contribution in [0.1, 0.15) is 46.0 Å². The summed E-state index contributed by atoms with van der Waals surface area (Å²) in [5.74, 6) is -0.703. The minimum Gasteiger partial charge on any atom is -0.401 e. The van der Waals surface area contributed by atoms with Crippen molar-refractivity contribution < 1.29 is 19.4 Å². The summed E-state index contributed by atoms with van der Waals surface area (Å²) >= 11 is 1.12. The van der Waals surface area contributed by atoms with Crippen molar-refractivity contribution in [3.8, 4) is 0 Å². The predicted molar refractivity (Wildman–Crippen MR) is 95.5 cm³/mol. The van der Waals surface area contributed by atoms with Crippen LogP contribution in [0.2, 0.25) is 0 Å². The maximum atomic E-state index is 12.6. The highest BCUT2D eigenvalue weighted by Gasteiger charge is 2.53. The SMILES string of the molecule is CC(C)(CO)C(N)=CC(=O)NC(=O)C1([SH+]C2CCOCC2)CCC1. The first kappa shape index (κ1) is 19.3. The van der Waals surface area contributed by atoms with Gasteiger partial charge in [-0.1, -0.05) is 13.8 Å². The normalized spacial score (nSPS) is 21.9. The molecule has 1 heterocycles. The Morgan fingerprint density at radius 2 is 2.00 bits per heavy atom. The summed E-state index contributed by atoms with van der Waals surface area (Å²) in [5, 5.41) is 12.2. The largest absolute Gasteiger partial charge is 0.401 e. The van der Waals surface area contributed by atoms with E-state index in [0.29, 0.717) is 5.25 Å². The van der Waals surface area contributed by atoms with E-state index in [4.69, 9.17) is 10.5 Å². The van der Waals surface area contributed by atoms with Gasteiger partial charge in [-0.3, -0.25) is 14.9 Å². The molecule has 1 aliphatic carbocycles. The number of aliphatic hydroxyl groups excluding tert-OH is 1. The number of thiol groups is 1. The first-order valence-corrected chi connectivity index (χ1v) is 9.49. The zero-order valence-electron chi connectivity index (χ0n) is 14.5. The van der Waals surface area contributed by atoms with E-state index in [1.165, 1.54) is 6.08 Å². The van der Waals surface area contributed by atoms with Crippen molar-refractivity contribution >= 4 is 23.6 Å². The number of amides is 2. The quantitative estimate of drug-likeness (QED) is 0.363. The van der Waals surface area contributed by atoms with Crippen LogP contribution in [0.25, 0.3) is 0 Å². The van der Waals surface area contributed by atoms with Crippen LogP contribution < -0.4 is 11.1 Å². The molecule has 2 aliphatic rings. The summed E-state index contributed by atoms with van der Waals surface area (Å²) in [6.45, 7) is 4.83. The van der Waals surface area contributed by atoms with Crippen molar-refractivity contribution in [1.82, 2.24) is 5.32 Å². The zero-order valence-corrected chi connectivity index (χ0v) is 15.4. The maximum absolute atomic E-state index is 12.6. The molecule has 1 saturated carbocycles. The fourth-order valence-electron chi connectivity index (χ4n) is 2.78. The van der Waals surface area contributed by atoms with Crippen LogP contribution in [0.5, 0.6) is 0 Å². The molecule has 24 heavy (non-hydrogen) atoms. The Morgan fingerprint density at radius 1 is 1.38 bits per heavy atom. The Kier molecular flexibility index (Phi) is 6.33. The fraction of sp³-hybridized carbons (Fsp3) is 0.765. The molecule has 0 aromatic carbocycles. The number of carbonyl (C=O) groups is 2. The lowest BCUT2D eigenvalue weighted by Gasteiger charge is -2.35. The van der Waals surface area contributed by atoms with Crippen LogP contribution in [0, 0.1) is 5.41 Å². The minimum atomic E-state index is -0.686. The highest BCUT2D eigenvalue weighted by molar-refractivity contribution is 7.81. The van der Waals surface area contributed by atoms with Gasteiger partial charge in [-0.15, -0.1) is 0 Å². The summed E-state index contributed by atoms with van der Waals surface area (Å²) < 4.78 is 4.94. The molecular formula is C17H29N2O4S+. The van der Waals surface area contributed by atoms with Crippen molar-refractivity contribution in [1.29, 1.82) is 0 Å². The summed E-state index contributed by atoms with van der Waals surface area (Å²) in [6.07, 6.45) is 5.84. The number of aliphatic hydroxyl groups is 1. The van der Waals surface area contributed by atoms with Crippen LogP contribution in [0.3, 0.4) is 0 Å². The van der Waals surface area contributed by atoms with E-state index in [9.17, 15) is 14.7 Å². The molecule has 4 N–H and O–H groups in total. The molecule has 0 bridgehead atoms. The molecule has 0 spiro atoms.